The van der Waals surface area contributed by atoms with Crippen LogP contribution >= 0.6 is 0 Å². The molecule has 4 rings (SSSR count). The number of piperidine rings is 1. The Morgan fingerprint density at radius 1 is 1.09 bits per heavy atom. The van der Waals surface area contributed by atoms with E-state index >= 15 is 0 Å². The van der Waals surface area contributed by atoms with Gasteiger partial charge in [-0.3, -0.25) is 14.7 Å². The number of rotatable bonds is 8. The van der Waals surface area contributed by atoms with Gasteiger partial charge in [-0.25, -0.2) is 0 Å². The van der Waals surface area contributed by atoms with Gasteiger partial charge in [-0.05, 0) is 94.6 Å². The summed E-state index contributed by atoms with van der Waals surface area (Å²) in [5.41, 5.74) is 2.60. The Balaban J connectivity index is 1.31. The molecule has 0 atom stereocenters. The minimum Gasteiger partial charge on any atom is -0.490 e. The van der Waals surface area contributed by atoms with Crippen LogP contribution in [0.4, 0.5) is 0 Å². The van der Waals surface area contributed by atoms with Crippen molar-refractivity contribution in [2.45, 2.75) is 84.8 Å². The SMILES string of the molecule is CCCC1(C)CCC(Oc2ccc3nc(CN4CCC(C(=O)OCC)CC4)ccc3c2)CC1. The van der Waals surface area contributed by atoms with Crippen LogP contribution in [0, 0.1) is 11.3 Å². The van der Waals surface area contributed by atoms with E-state index in [1.807, 2.05) is 6.92 Å². The van der Waals surface area contributed by atoms with E-state index < -0.39 is 0 Å². The molecule has 180 valence electrons. The Morgan fingerprint density at radius 3 is 2.55 bits per heavy atom. The lowest BCUT2D eigenvalue weighted by Crippen LogP contribution is -2.36. The molecule has 0 radical (unpaired) electrons. The molecule has 0 amide bonds. The summed E-state index contributed by atoms with van der Waals surface area (Å²) in [6, 6.07) is 10.6. The standard InChI is InChI=1S/C28H40N2O3/c1-4-14-28(3)15-10-24(11-16-28)33-25-8-9-26-22(19-25)6-7-23(29-26)20-30-17-12-21(13-18-30)27(31)32-5-2/h6-9,19,21,24H,4-5,10-18,20H2,1-3H3. The molecule has 1 aliphatic carbocycles. The van der Waals surface area contributed by atoms with Gasteiger partial charge in [0.2, 0.25) is 0 Å². The van der Waals surface area contributed by atoms with E-state index in [1.54, 1.807) is 0 Å². The topological polar surface area (TPSA) is 51.7 Å². The maximum Gasteiger partial charge on any atom is 0.309 e. The van der Waals surface area contributed by atoms with E-state index in [0.29, 0.717) is 18.1 Å². The van der Waals surface area contributed by atoms with E-state index in [2.05, 4.69) is 49.1 Å². The zero-order chi connectivity index (χ0) is 23.3. The number of hydrogen-bond acceptors (Lipinski definition) is 5. The number of pyridine rings is 1. The Hall–Kier alpha value is -2.14. The summed E-state index contributed by atoms with van der Waals surface area (Å²) in [7, 11) is 0. The number of nitrogens with zero attached hydrogens (tertiary/aromatic N) is 2. The summed E-state index contributed by atoms with van der Waals surface area (Å²) in [5, 5.41) is 1.13. The summed E-state index contributed by atoms with van der Waals surface area (Å²) in [6.07, 6.45) is 9.50. The lowest BCUT2D eigenvalue weighted by molar-refractivity contribution is -0.149. The Labute approximate surface area is 198 Å². The van der Waals surface area contributed by atoms with Crippen molar-refractivity contribution in [2.24, 2.45) is 11.3 Å². The number of ether oxygens (including phenoxy) is 2. The van der Waals surface area contributed by atoms with Gasteiger partial charge in [0.15, 0.2) is 0 Å². The van der Waals surface area contributed by atoms with E-state index in [1.165, 1.54) is 25.7 Å². The number of fused-ring (bicyclic) bond motifs is 1. The monoisotopic (exact) mass is 452 g/mol. The highest BCUT2D eigenvalue weighted by molar-refractivity contribution is 5.80. The second kappa shape index (κ2) is 10.9. The fraction of sp³-hybridized carbons (Fsp3) is 0.643. The van der Waals surface area contributed by atoms with Gasteiger partial charge in [0.1, 0.15) is 5.75 Å². The van der Waals surface area contributed by atoms with Gasteiger partial charge >= 0.3 is 5.97 Å². The number of carbonyl (C=O) groups excluding carboxylic acids is 1. The molecule has 0 spiro atoms. The fourth-order valence-corrected chi connectivity index (χ4v) is 5.58. The zero-order valence-electron chi connectivity index (χ0n) is 20.6. The first kappa shape index (κ1) is 24.0. The van der Waals surface area contributed by atoms with Gasteiger partial charge in [-0.1, -0.05) is 26.3 Å². The van der Waals surface area contributed by atoms with Crippen LogP contribution in [0.3, 0.4) is 0 Å². The van der Waals surface area contributed by atoms with E-state index in [9.17, 15) is 4.79 Å². The third-order valence-corrected chi connectivity index (χ3v) is 7.61. The average Bonchev–Trinajstić information content (AvgIpc) is 2.81. The summed E-state index contributed by atoms with van der Waals surface area (Å²) in [6.45, 7) is 9.70. The van der Waals surface area contributed by atoms with E-state index in [-0.39, 0.29) is 11.9 Å². The summed E-state index contributed by atoms with van der Waals surface area (Å²) >= 11 is 0. The summed E-state index contributed by atoms with van der Waals surface area (Å²) in [4.78, 5) is 19.2. The van der Waals surface area contributed by atoms with Gasteiger partial charge in [0, 0.05) is 11.9 Å². The predicted octanol–water partition coefficient (Wildman–Crippen LogP) is 6.14. The quantitative estimate of drug-likeness (QED) is 0.451. The molecule has 1 saturated heterocycles. The van der Waals surface area contributed by atoms with Crippen LogP contribution in [-0.4, -0.2) is 41.7 Å². The van der Waals surface area contributed by atoms with Gasteiger partial charge in [-0.2, -0.15) is 0 Å². The minimum atomic E-state index is -0.0396. The predicted molar refractivity (Wildman–Crippen MR) is 132 cm³/mol. The second-order valence-corrected chi connectivity index (χ2v) is 10.3. The zero-order valence-corrected chi connectivity index (χ0v) is 20.6. The molecule has 0 N–H and O–H groups in total. The second-order valence-electron chi connectivity index (χ2n) is 10.3. The molecular formula is C28H40N2O3. The molecule has 1 aliphatic heterocycles. The Bertz CT molecular complexity index is 928. The van der Waals surface area contributed by atoms with Gasteiger partial charge in [-0.15, -0.1) is 0 Å². The van der Waals surface area contributed by atoms with Crippen LogP contribution < -0.4 is 4.74 Å². The van der Waals surface area contributed by atoms with Crippen molar-refractivity contribution in [3.8, 4) is 5.75 Å². The van der Waals surface area contributed by atoms with Crippen LogP contribution in [-0.2, 0) is 16.1 Å². The van der Waals surface area contributed by atoms with Crippen molar-refractivity contribution < 1.29 is 14.3 Å². The maximum atomic E-state index is 12.0. The first-order valence-electron chi connectivity index (χ1n) is 12.9. The molecule has 1 saturated carbocycles. The largest absolute Gasteiger partial charge is 0.490 e. The number of likely N-dealkylation sites (tertiary alicyclic amines) is 1. The Kier molecular flexibility index (Phi) is 7.90. The van der Waals surface area contributed by atoms with E-state index in [0.717, 1.165) is 67.7 Å². The molecule has 33 heavy (non-hydrogen) atoms. The molecule has 2 fully saturated rings. The molecule has 5 heteroatoms. The number of esters is 1. The summed E-state index contributed by atoms with van der Waals surface area (Å²) < 4.78 is 11.5. The lowest BCUT2D eigenvalue weighted by atomic mass is 9.72. The molecule has 1 aromatic heterocycles. The van der Waals surface area contributed by atoms with Crippen molar-refractivity contribution in [1.29, 1.82) is 0 Å². The molecule has 2 aliphatic rings. The van der Waals surface area contributed by atoms with Gasteiger partial charge in [0.05, 0.1) is 29.8 Å². The number of carbonyl (C=O) groups is 1. The average molecular weight is 453 g/mol. The Morgan fingerprint density at radius 2 is 1.85 bits per heavy atom. The molecule has 0 unspecified atom stereocenters. The molecular weight excluding hydrogens is 412 g/mol. The summed E-state index contributed by atoms with van der Waals surface area (Å²) in [5.74, 6) is 0.970. The molecule has 1 aromatic carbocycles. The molecule has 5 nitrogen and oxygen atoms in total. The van der Waals surface area contributed by atoms with Crippen molar-refractivity contribution in [1.82, 2.24) is 9.88 Å². The van der Waals surface area contributed by atoms with Crippen molar-refractivity contribution in [2.75, 3.05) is 19.7 Å². The third-order valence-electron chi connectivity index (χ3n) is 7.61. The van der Waals surface area contributed by atoms with Crippen LogP contribution in [0.1, 0.15) is 77.8 Å². The number of aromatic nitrogens is 1. The fourth-order valence-electron chi connectivity index (χ4n) is 5.58. The highest BCUT2D eigenvalue weighted by Crippen LogP contribution is 2.40. The van der Waals surface area contributed by atoms with E-state index in [4.69, 9.17) is 14.5 Å². The molecule has 2 aromatic rings. The van der Waals surface area contributed by atoms with Crippen molar-refractivity contribution >= 4 is 16.9 Å². The number of benzene rings is 1. The minimum absolute atomic E-state index is 0.0396. The smallest absolute Gasteiger partial charge is 0.309 e. The lowest BCUT2D eigenvalue weighted by Gasteiger charge is -2.37. The highest BCUT2D eigenvalue weighted by atomic mass is 16.5. The first-order chi connectivity index (χ1) is 16.0. The van der Waals surface area contributed by atoms with Crippen LogP contribution in [0.5, 0.6) is 5.75 Å². The van der Waals surface area contributed by atoms with Crippen molar-refractivity contribution in [3.63, 3.8) is 0 Å². The normalized spacial score (nSPS) is 24.6. The van der Waals surface area contributed by atoms with Gasteiger partial charge in [0.25, 0.3) is 0 Å². The van der Waals surface area contributed by atoms with Gasteiger partial charge < -0.3 is 9.47 Å². The van der Waals surface area contributed by atoms with Crippen LogP contribution in [0.25, 0.3) is 10.9 Å². The molecule has 0 bridgehead atoms. The molecule has 2 heterocycles. The van der Waals surface area contributed by atoms with Crippen LogP contribution in [0.15, 0.2) is 30.3 Å². The van der Waals surface area contributed by atoms with Crippen molar-refractivity contribution in [3.05, 3.63) is 36.0 Å². The van der Waals surface area contributed by atoms with Crippen LogP contribution in [0.2, 0.25) is 0 Å². The maximum absolute atomic E-state index is 12.0. The number of hydrogen-bond donors (Lipinski definition) is 0. The third kappa shape index (κ3) is 6.26. The highest BCUT2D eigenvalue weighted by Gasteiger charge is 2.31. The first-order valence-corrected chi connectivity index (χ1v) is 12.9.